The number of likely N-dealkylation sites (N-methyl/N-ethyl adjacent to an activating group) is 1. The van der Waals surface area contributed by atoms with Crippen molar-refractivity contribution in [2.45, 2.75) is 20.8 Å². The summed E-state index contributed by atoms with van der Waals surface area (Å²) in [5, 5.41) is 6.26. The van der Waals surface area contributed by atoms with Crippen LogP contribution in [0, 0.1) is 0 Å². The quantitative estimate of drug-likeness (QED) is 0.656. The van der Waals surface area contributed by atoms with Gasteiger partial charge in [-0.25, -0.2) is 9.98 Å². The van der Waals surface area contributed by atoms with Gasteiger partial charge in [0.15, 0.2) is 5.82 Å². The Hall–Kier alpha value is -1.54. The van der Waals surface area contributed by atoms with E-state index in [2.05, 4.69) is 26.3 Å². The van der Waals surface area contributed by atoms with E-state index in [-0.39, 0.29) is 0 Å². The summed E-state index contributed by atoms with van der Waals surface area (Å²) < 4.78 is 0. The molecular weight excluding hydrogens is 176 g/mol. The normalized spacial score (nSPS) is 15.2. The number of amidine groups is 1. The lowest BCUT2D eigenvalue weighted by Crippen LogP contribution is -2.23. The van der Waals surface area contributed by atoms with E-state index in [1.165, 1.54) is 0 Å². The summed E-state index contributed by atoms with van der Waals surface area (Å²) in [6.07, 6.45) is 1.54. The van der Waals surface area contributed by atoms with Gasteiger partial charge in [-0.1, -0.05) is 5.73 Å². The van der Waals surface area contributed by atoms with Crippen LogP contribution >= 0.6 is 0 Å². The van der Waals surface area contributed by atoms with Gasteiger partial charge in [0.05, 0.1) is 0 Å². The SMILES string of the molecule is CCNC1=C=C(C)C(NCC)=NC=N1. The van der Waals surface area contributed by atoms with Crippen molar-refractivity contribution in [2.24, 2.45) is 9.98 Å². The minimum atomic E-state index is 0.738. The number of hydrogen-bond acceptors (Lipinski definition) is 4. The van der Waals surface area contributed by atoms with Gasteiger partial charge >= 0.3 is 0 Å². The highest BCUT2D eigenvalue weighted by Crippen LogP contribution is 1.99. The summed E-state index contributed by atoms with van der Waals surface area (Å²) in [6.45, 7) is 7.71. The first kappa shape index (κ1) is 10.5. The van der Waals surface area contributed by atoms with Gasteiger partial charge in [0, 0.05) is 18.7 Å². The van der Waals surface area contributed by atoms with E-state index in [4.69, 9.17) is 0 Å². The Morgan fingerprint density at radius 1 is 1.29 bits per heavy atom. The molecule has 1 aliphatic heterocycles. The number of nitrogens with zero attached hydrogens (tertiary/aromatic N) is 2. The van der Waals surface area contributed by atoms with E-state index in [0.29, 0.717) is 0 Å². The largest absolute Gasteiger partial charge is 0.370 e. The van der Waals surface area contributed by atoms with E-state index in [1.54, 1.807) is 6.34 Å². The minimum absolute atomic E-state index is 0.738. The first-order valence-electron chi connectivity index (χ1n) is 4.83. The van der Waals surface area contributed by atoms with Crippen LogP contribution in [-0.2, 0) is 0 Å². The molecule has 0 aromatic rings. The summed E-state index contributed by atoms with van der Waals surface area (Å²) in [5.41, 5.74) is 4.12. The minimum Gasteiger partial charge on any atom is -0.370 e. The van der Waals surface area contributed by atoms with Gasteiger partial charge in [0.2, 0.25) is 0 Å². The van der Waals surface area contributed by atoms with Crippen LogP contribution in [-0.4, -0.2) is 25.3 Å². The lowest BCUT2D eigenvalue weighted by molar-refractivity contribution is 0.844. The van der Waals surface area contributed by atoms with Crippen molar-refractivity contribution in [2.75, 3.05) is 13.1 Å². The number of nitrogens with one attached hydrogen (secondary N) is 2. The molecule has 4 nitrogen and oxygen atoms in total. The molecular formula is C10H16N4. The predicted molar refractivity (Wildman–Crippen MR) is 59.5 cm³/mol. The average molecular weight is 192 g/mol. The number of hydrogen-bond donors (Lipinski definition) is 2. The van der Waals surface area contributed by atoms with Crippen molar-refractivity contribution in [1.29, 1.82) is 0 Å². The second-order valence-corrected chi connectivity index (χ2v) is 2.88. The van der Waals surface area contributed by atoms with E-state index in [1.807, 2.05) is 20.8 Å². The van der Waals surface area contributed by atoms with Crippen LogP contribution in [0.2, 0.25) is 0 Å². The van der Waals surface area contributed by atoms with Gasteiger partial charge in [0.1, 0.15) is 12.2 Å². The molecule has 2 N–H and O–H groups in total. The maximum Gasteiger partial charge on any atom is 0.172 e. The summed E-state index contributed by atoms with van der Waals surface area (Å²) in [6, 6.07) is 0. The summed E-state index contributed by atoms with van der Waals surface area (Å²) >= 11 is 0. The molecule has 0 aliphatic carbocycles. The van der Waals surface area contributed by atoms with Crippen molar-refractivity contribution in [3.05, 3.63) is 17.1 Å². The molecule has 0 saturated carbocycles. The fourth-order valence-electron chi connectivity index (χ4n) is 1.11. The monoisotopic (exact) mass is 192 g/mol. The second-order valence-electron chi connectivity index (χ2n) is 2.88. The molecule has 0 spiro atoms. The zero-order chi connectivity index (χ0) is 10.4. The number of aliphatic imine (C=N–C) groups is 2. The third-order valence-electron chi connectivity index (χ3n) is 1.72. The molecule has 0 bridgehead atoms. The van der Waals surface area contributed by atoms with Gasteiger partial charge < -0.3 is 10.6 Å². The topological polar surface area (TPSA) is 48.8 Å². The van der Waals surface area contributed by atoms with Crippen LogP contribution in [0.4, 0.5) is 0 Å². The molecule has 1 aliphatic rings. The lowest BCUT2D eigenvalue weighted by Gasteiger charge is -2.03. The third-order valence-corrected chi connectivity index (χ3v) is 1.72. The van der Waals surface area contributed by atoms with Crippen LogP contribution in [0.5, 0.6) is 0 Å². The summed E-state index contributed by atoms with van der Waals surface area (Å²) in [4.78, 5) is 8.30. The average Bonchev–Trinajstić information content (AvgIpc) is 2.31. The fraction of sp³-hybridized carbons (Fsp3) is 0.500. The Bertz CT molecular complexity index is 319. The first-order chi connectivity index (χ1) is 6.77. The first-order valence-corrected chi connectivity index (χ1v) is 4.83. The smallest absolute Gasteiger partial charge is 0.172 e. The second kappa shape index (κ2) is 5.25. The van der Waals surface area contributed by atoms with Gasteiger partial charge in [-0.3, -0.25) is 0 Å². The maximum atomic E-state index is 4.18. The molecule has 76 valence electrons. The zero-order valence-electron chi connectivity index (χ0n) is 8.89. The lowest BCUT2D eigenvalue weighted by atomic mass is 10.3. The number of rotatable bonds is 3. The highest BCUT2D eigenvalue weighted by atomic mass is 15.1. The van der Waals surface area contributed by atoms with Gasteiger partial charge in [-0.2, -0.15) is 0 Å². The van der Waals surface area contributed by atoms with Crippen molar-refractivity contribution in [3.8, 4) is 0 Å². The van der Waals surface area contributed by atoms with Gasteiger partial charge in [-0.15, -0.1) is 0 Å². The fourth-order valence-corrected chi connectivity index (χ4v) is 1.11. The van der Waals surface area contributed by atoms with E-state index < -0.39 is 0 Å². The van der Waals surface area contributed by atoms with Gasteiger partial charge in [-0.05, 0) is 20.8 Å². The Morgan fingerprint density at radius 2 is 2.00 bits per heavy atom. The van der Waals surface area contributed by atoms with E-state index in [9.17, 15) is 0 Å². The van der Waals surface area contributed by atoms with Crippen molar-refractivity contribution in [1.82, 2.24) is 10.6 Å². The zero-order valence-corrected chi connectivity index (χ0v) is 8.89. The molecule has 0 radical (unpaired) electrons. The summed E-state index contributed by atoms with van der Waals surface area (Å²) in [5.74, 6) is 1.57. The van der Waals surface area contributed by atoms with E-state index in [0.717, 1.165) is 30.3 Å². The van der Waals surface area contributed by atoms with Crippen molar-refractivity contribution >= 4 is 12.2 Å². The standard InChI is InChI=1S/C10H16N4/c1-4-11-9-6-8(3)10(12-5-2)14-7-13-9/h7,11H,4-5H2,1-3H3,(H,12,13,14). The molecule has 0 saturated heterocycles. The Balaban J connectivity index is 2.89. The van der Waals surface area contributed by atoms with Crippen LogP contribution in [0.3, 0.4) is 0 Å². The molecule has 4 heteroatoms. The van der Waals surface area contributed by atoms with Crippen LogP contribution in [0.1, 0.15) is 20.8 Å². The van der Waals surface area contributed by atoms with Gasteiger partial charge in [0.25, 0.3) is 0 Å². The molecule has 0 fully saturated rings. The highest BCUT2D eigenvalue weighted by Gasteiger charge is 2.02. The molecule has 0 unspecified atom stereocenters. The Morgan fingerprint density at radius 3 is 2.64 bits per heavy atom. The molecule has 0 aromatic carbocycles. The van der Waals surface area contributed by atoms with Crippen LogP contribution < -0.4 is 10.6 Å². The highest BCUT2D eigenvalue weighted by molar-refractivity contribution is 6.02. The Labute approximate surface area is 84.5 Å². The molecule has 0 aromatic heterocycles. The van der Waals surface area contributed by atoms with E-state index >= 15 is 0 Å². The third kappa shape index (κ3) is 2.75. The van der Waals surface area contributed by atoms with Crippen molar-refractivity contribution < 1.29 is 0 Å². The molecule has 1 heterocycles. The van der Waals surface area contributed by atoms with Crippen LogP contribution in [0.15, 0.2) is 27.1 Å². The summed E-state index contributed by atoms with van der Waals surface area (Å²) in [7, 11) is 0. The van der Waals surface area contributed by atoms with Crippen LogP contribution in [0.25, 0.3) is 0 Å². The predicted octanol–water partition coefficient (Wildman–Crippen LogP) is 1.03. The maximum absolute atomic E-state index is 4.18. The molecule has 14 heavy (non-hydrogen) atoms. The molecule has 0 amide bonds. The Kier molecular flexibility index (Phi) is 3.95. The molecule has 1 rings (SSSR count). The molecule has 0 atom stereocenters. The van der Waals surface area contributed by atoms with Crippen molar-refractivity contribution in [3.63, 3.8) is 0 Å².